The van der Waals surface area contributed by atoms with Crippen LogP contribution < -0.4 is 16.0 Å². The fourth-order valence-electron chi connectivity index (χ4n) is 2.70. The zero-order valence-electron chi connectivity index (χ0n) is 12.3. The van der Waals surface area contributed by atoms with Crippen LogP contribution in [0.25, 0.3) is 0 Å². The van der Waals surface area contributed by atoms with Gasteiger partial charge in [0.25, 0.3) is 0 Å². The molecule has 2 rings (SSSR count). The number of benzene rings is 1. The number of nitrogens with zero attached hydrogens (tertiary/aromatic N) is 1. The first-order valence-electron chi connectivity index (χ1n) is 7.60. The molecule has 0 aromatic heterocycles. The standard InChI is InChI=1S/C16H25N3O/c1-2-6-13(12-17)16(20)18-14-7-5-8-15(11-14)19-9-3-4-10-19/h5,7-8,11,13H,2-4,6,9-10,12,17H2,1H3,(H,18,20). The number of amides is 1. The molecule has 4 heteroatoms. The highest BCUT2D eigenvalue weighted by Crippen LogP contribution is 2.23. The van der Waals surface area contributed by atoms with Gasteiger partial charge in [-0.3, -0.25) is 4.79 Å². The first-order valence-corrected chi connectivity index (χ1v) is 7.60. The predicted molar refractivity (Wildman–Crippen MR) is 84.0 cm³/mol. The van der Waals surface area contributed by atoms with Crippen LogP contribution in [0.2, 0.25) is 0 Å². The highest BCUT2D eigenvalue weighted by atomic mass is 16.1. The molecule has 1 atom stereocenters. The van der Waals surface area contributed by atoms with Gasteiger partial charge < -0.3 is 16.0 Å². The molecular weight excluding hydrogens is 250 g/mol. The van der Waals surface area contributed by atoms with Crippen LogP contribution in [0.15, 0.2) is 24.3 Å². The quantitative estimate of drug-likeness (QED) is 0.839. The normalized spacial score (nSPS) is 16.2. The number of carbonyl (C=O) groups excluding carboxylic acids is 1. The Morgan fingerprint density at radius 2 is 2.15 bits per heavy atom. The number of anilines is 2. The Labute approximate surface area is 121 Å². The number of nitrogens with one attached hydrogen (secondary N) is 1. The summed E-state index contributed by atoms with van der Waals surface area (Å²) in [5.41, 5.74) is 7.74. The first kappa shape index (κ1) is 14.9. The summed E-state index contributed by atoms with van der Waals surface area (Å²) >= 11 is 0. The second-order valence-electron chi connectivity index (χ2n) is 5.46. The van der Waals surface area contributed by atoms with Crippen LogP contribution >= 0.6 is 0 Å². The maximum absolute atomic E-state index is 12.2. The molecule has 0 radical (unpaired) electrons. The summed E-state index contributed by atoms with van der Waals surface area (Å²) in [6.45, 7) is 4.70. The summed E-state index contributed by atoms with van der Waals surface area (Å²) in [4.78, 5) is 14.5. The zero-order chi connectivity index (χ0) is 14.4. The minimum Gasteiger partial charge on any atom is -0.371 e. The van der Waals surface area contributed by atoms with E-state index in [4.69, 9.17) is 5.73 Å². The van der Waals surface area contributed by atoms with E-state index in [9.17, 15) is 4.79 Å². The second-order valence-corrected chi connectivity index (χ2v) is 5.46. The number of hydrogen-bond acceptors (Lipinski definition) is 3. The Balaban J connectivity index is 2.01. The van der Waals surface area contributed by atoms with E-state index in [1.807, 2.05) is 12.1 Å². The zero-order valence-corrected chi connectivity index (χ0v) is 12.3. The highest BCUT2D eigenvalue weighted by molar-refractivity contribution is 5.93. The Morgan fingerprint density at radius 1 is 1.40 bits per heavy atom. The van der Waals surface area contributed by atoms with E-state index < -0.39 is 0 Å². The lowest BCUT2D eigenvalue weighted by molar-refractivity contribution is -0.119. The molecule has 1 aliphatic heterocycles. The van der Waals surface area contributed by atoms with Gasteiger partial charge in [-0.1, -0.05) is 19.4 Å². The predicted octanol–water partition coefficient (Wildman–Crippen LogP) is 2.60. The van der Waals surface area contributed by atoms with Crippen molar-refractivity contribution in [2.45, 2.75) is 32.6 Å². The maximum Gasteiger partial charge on any atom is 0.228 e. The molecule has 1 aliphatic rings. The van der Waals surface area contributed by atoms with E-state index in [0.717, 1.165) is 31.6 Å². The number of hydrogen-bond donors (Lipinski definition) is 2. The minimum absolute atomic E-state index is 0.0351. The summed E-state index contributed by atoms with van der Waals surface area (Å²) in [5, 5.41) is 3.00. The third-order valence-electron chi connectivity index (χ3n) is 3.88. The molecule has 1 aromatic carbocycles. The Morgan fingerprint density at radius 3 is 2.80 bits per heavy atom. The molecule has 20 heavy (non-hydrogen) atoms. The van der Waals surface area contributed by atoms with E-state index in [2.05, 4.69) is 29.3 Å². The van der Waals surface area contributed by atoms with Crippen molar-refractivity contribution in [3.63, 3.8) is 0 Å². The van der Waals surface area contributed by atoms with Gasteiger partial charge in [0.2, 0.25) is 5.91 Å². The van der Waals surface area contributed by atoms with Gasteiger partial charge in [0.15, 0.2) is 0 Å². The van der Waals surface area contributed by atoms with Gasteiger partial charge >= 0.3 is 0 Å². The molecule has 110 valence electrons. The monoisotopic (exact) mass is 275 g/mol. The van der Waals surface area contributed by atoms with Crippen LogP contribution in [0.3, 0.4) is 0 Å². The highest BCUT2D eigenvalue weighted by Gasteiger charge is 2.17. The molecular formula is C16H25N3O. The summed E-state index contributed by atoms with van der Waals surface area (Å²) in [6.07, 6.45) is 4.32. The SMILES string of the molecule is CCCC(CN)C(=O)Nc1cccc(N2CCCC2)c1. The smallest absolute Gasteiger partial charge is 0.228 e. The van der Waals surface area contributed by atoms with Crippen LogP contribution in [-0.4, -0.2) is 25.5 Å². The summed E-state index contributed by atoms with van der Waals surface area (Å²) in [7, 11) is 0. The van der Waals surface area contributed by atoms with Crippen LogP contribution in [0, 0.1) is 5.92 Å². The van der Waals surface area contributed by atoms with Crippen LogP contribution in [-0.2, 0) is 4.79 Å². The van der Waals surface area contributed by atoms with Crippen molar-refractivity contribution in [3.05, 3.63) is 24.3 Å². The lowest BCUT2D eigenvalue weighted by Gasteiger charge is -2.19. The van der Waals surface area contributed by atoms with E-state index in [1.165, 1.54) is 18.5 Å². The van der Waals surface area contributed by atoms with Crippen LogP contribution in [0.1, 0.15) is 32.6 Å². The molecule has 1 amide bonds. The molecule has 1 unspecified atom stereocenters. The van der Waals surface area contributed by atoms with Gasteiger partial charge in [0, 0.05) is 31.0 Å². The minimum atomic E-state index is -0.0876. The van der Waals surface area contributed by atoms with Crippen molar-refractivity contribution in [1.82, 2.24) is 0 Å². The van der Waals surface area contributed by atoms with Crippen molar-refractivity contribution in [3.8, 4) is 0 Å². The average molecular weight is 275 g/mol. The van der Waals surface area contributed by atoms with Gasteiger partial charge in [-0.15, -0.1) is 0 Å². The van der Waals surface area contributed by atoms with Gasteiger partial charge in [-0.25, -0.2) is 0 Å². The third kappa shape index (κ3) is 3.73. The van der Waals surface area contributed by atoms with Crippen molar-refractivity contribution < 1.29 is 4.79 Å². The lowest BCUT2D eigenvalue weighted by atomic mass is 10.0. The van der Waals surface area contributed by atoms with Crippen LogP contribution in [0.5, 0.6) is 0 Å². The lowest BCUT2D eigenvalue weighted by Crippen LogP contribution is -2.29. The molecule has 0 aliphatic carbocycles. The van der Waals surface area contributed by atoms with Gasteiger partial charge in [-0.05, 0) is 37.5 Å². The number of rotatable bonds is 6. The first-order chi connectivity index (χ1) is 9.74. The maximum atomic E-state index is 12.2. The molecule has 1 fully saturated rings. The molecule has 0 spiro atoms. The molecule has 0 bridgehead atoms. The van der Waals surface area contributed by atoms with Gasteiger partial charge in [-0.2, -0.15) is 0 Å². The largest absolute Gasteiger partial charge is 0.371 e. The van der Waals surface area contributed by atoms with E-state index >= 15 is 0 Å². The molecule has 1 aromatic rings. The summed E-state index contributed by atoms with van der Waals surface area (Å²) in [5.74, 6) is -0.0524. The average Bonchev–Trinajstić information content (AvgIpc) is 2.99. The molecule has 1 saturated heterocycles. The van der Waals surface area contributed by atoms with Crippen molar-refractivity contribution >= 4 is 17.3 Å². The molecule has 1 heterocycles. The molecule has 0 saturated carbocycles. The molecule has 3 N–H and O–H groups in total. The van der Waals surface area contributed by atoms with Crippen LogP contribution in [0.4, 0.5) is 11.4 Å². The van der Waals surface area contributed by atoms with E-state index in [0.29, 0.717) is 6.54 Å². The van der Waals surface area contributed by atoms with E-state index in [1.54, 1.807) is 0 Å². The van der Waals surface area contributed by atoms with Crippen molar-refractivity contribution in [1.29, 1.82) is 0 Å². The second kappa shape index (κ2) is 7.29. The fraction of sp³-hybridized carbons (Fsp3) is 0.562. The Bertz CT molecular complexity index is 441. The fourth-order valence-corrected chi connectivity index (χ4v) is 2.70. The topological polar surface area (TPSA) is 58.4 Å². The summed E-state index contributed by atoms with van der Waals surface area (Å²) < 4.78 is 0. The summed E-state index contributed by atoms with van der Waals surface area (Å²) in [6, 6.07) is 8.10. The van der Waals surface area contributed by atoms with E-state index in [-0.39, 0.29) is 11.8 Å². The third-order valence-corrected chi connectivity index (χ3v) is 3.88. The molecule has 4 nitrogen and oxygen atoms in total. The number of nitrogens with two attached hydrogens (primary N) is 1. The van der Waals surface area contributed by atoms with Gasteiger partial charge in [0.05, 0.1) is 5.92 Å². The van der Waals surface area contributed by atoms with Crippen molar-refractivity contribution in [2.24, 2.45) is 11.7 Å². The van der Waals surface area contributed by atoms with Gasteiger partial charge in [0.1, 0.15) is 0 Å². The Hall–Kier alpha value is -1.55. The number of carbonyl (C=O) groups is 1. The Kier molecular flexibility index (Phi) is 5.41. The van der Waals surface area contributed by atoms with Crippen molar-refractivity contribution in [2.75, 3.05) is 29.9 Å².